The quantitative estimate of drug-likeness (QED) is 0.729. The first-order chi connectivity index (χ1) is 13.8. The van der Waals surface area contributed by atoms with E-state index in [0.29, 0.717) is 5.82 Å². The van der Waals surface area contributed by atoms with Crippen molar-refractivity contribution in [2.75, 3.05) is 36.8 Å². The fraction of sp³-hybridized carbons (Fsp3) is 0.500. The molecule has 2 aliphatic rings. The minimum atomic E-state index is 0.415. The van der Waals surface area contributed by atoms with Gasteiger partial charge in [0.1, 0.15) is 17.0 Å². The Bertz CT molecular complexity index is 941. The van der Waals surface area contributed by atoms with Gasteiger partial charge in [0.15, 0.2) is 5.13 Å². The molecule has 7 nitrogen and oxygen atoms in total. The lowest BCUT2D eigenvalue weighted by molar-refractivity contribution is 0.141. The number of nitrogen functional groups attached to an aromatic ring is 1. The van der Waals surface area contributed by atoms with Crippen LogP contribution in [0.4, 0.5) is 10.9 Å². The number of hydrogen-bond acceptors (Lipinski definition) is 8. The van der Waals surface area contributed by atoms with Crippen LogP contribution in [0.25, 0.3) is 21.6 Å². The Kier molecular flexibility index (Phi) is 4.82. The monoisotopic (exact) mass is 395 g/mol. The van der Waals surface area contributed by atoms with E-state index in [0.717, 1.165) is 45.9 Å². The first-order valence-corrected chi connectivity index (χ1v) is 10.9. The van der Waals surface area contributed by atoms with Crippen molar-refractivity contribution in [1.29, 1.82) is 0 Å². The summed E-state index contributed by atoms with van der Waals surface area (Å²) in [4.78, 5) is 22.9. The number of likely N-dealkylation sites (tertiary alicyclic amines) is 1. The van der Waals surface area contributed by atoms with E-state index in [1.165, 1.54) is 45.2 Å². The molecule has 5 heterocycles. The molecule has 3 aromatic heterocycles. The van der Waals surface area contributed by atoms with Crippen LogP contribution in [0.15, 0.2) is 24.7 Å². The van der Waals surface area contributed by atoms with Crippen molar-refractivity contribution in [2.45, 2.75) is 38.1 Å². The number of pyridine rings is 1. The molecule has 0 aliphatic carbocycles. The molecule has 2 saturated heterocycles. The fourth-order valence-corrected chi connectivity index (χ4v) is 5.30. The van der Waals surface area contributed by atoms with Crippen molar-refractivity contribution in [2.24, 2.45) is 0 Å². The maximum absolute atomic E-state index is 5.63. The zero-order valence-electron chi connectivity index (χ0n) is 15.9. The van der Waals surface area contributed by atoms with E-state index >= 15 is 0 Å². The molecular weight excluding hydrogens is 370 g/mol. The molecule has 0 radical (unpaired) electrons. The summed E-state index contributed by atoms with van der Waals surface area (Å²) >= 11 is 1.74. The molecule has 0 amide bonds. The van der Waals surface area contributed by atoms with Gasteiger partial charge in [-0.1, -0.05) is 17.8 Å². The number of rotatable bonds is 3. The highest BCUT2D eigenvalue weighted by Crippen LogP contribution is 2.33. The molecule has 0 unspecified atom stereocenters. The van der Waals surface area contributed by atoms with E-state index in [1.807, 2.05) is 6.20 Å². The van der Waals surface area contributed by atoms with Crippen molar-refractivity contribution in [1.82, 2.24) is 24.8 Å². The highest BCUT2D eigenvalue weighted by Gasteiger charge is 2.26. The topological polar surface area (TPSA) is 84.1 Å². The van der Waals surface area contributed by atoms with E-state index in [1.54, 1.807) is 23.7 Å². The van der Waals surface area contributed by atoms with Crippen molar-refractivity contribution in [3.63, 3.8) is 0 Å². The summed E-state index contributed by atoms with van der Waals surface area (Å²) in [6.45, 7) is 4.75. The molecule has 2 N–H and O–H groups in total. The highest BCUT2D eigenvalue weighted by molar-refractivity contribution is 7.22. The molecule has 2 aliphatic heterocycles. The largest absolute Gasteiger partial charge is 0.382 e. The minimum absolute atomic E-state index is 0.415. The molecule has 0 aromatic carbocycles. The SMILES string of the molecule is Nc1cnc(-c2cc3sc(N4CCC(N5CCCCC5)CC4)nc3cn2)cn1. The maximum atomic E-state index is 5.63. The van der Waals surface area contributed by atoms with Gasteiger partial charge in [0.25, 0.3) is 0 Å². The van der Waals surface area contributed by atoms with Gasteiger partial charge in [0, 0.05) is 19.1 Å². The van der Waals surface area contributed by atoms with Crippen LogP contribution in [-0.4, -0.2) is 57.1 Å². The third kappa shape index (κ3) is 3.54. The van der Waals surface area contributed by atoms with Gasteiger partial charge in [-0.05, 0) is 44.8 Å². The second-order valence-corrected chi connectivity index (χ2v) is 8.68. The van der Waals surface area contributed by atoms with Crippen LogP contribution in [-0.2, 0) is 0 Å². The summed E-state index contributed by atoms with van der Waals surface area (Å²) in [5, 5.41) is 1.11. The van der Waals surface area contributed by atoms with Crippen LogP contribution >= 0.6 is 11.3 Å². The zero-order chi connectivity index (χ0) is 18.9. The van der Waals surface area contributed by atoms with E-state index in [9.17, 15) is 0 Å². The summed E-state index contributed by atoms with van der Waals surface area (Å²) < 4.78 is 1.14. The average molecular weight is 396 g/mol. The molecule has 8 heteroatoms. The summed E-state index contributed by atoms with van der Waals surface area (Å²) in [6.07, 6.45) is 11.7. The Morgan fingerprint density at radius 3 is 2.43 bits per heavy atom. The highest BCUT2D eigenvalue weighted by atomic mass is 32.1. The van der Waals surface area contributed by atoms with E-state index in [2.05, 4.69) is 30.8 Å². The van der Waals surface area contributed by atoms with Gasteiger partial charge in [0.05, 0.1) is 29.0 Å². The molecule has 2 fully saturated rings. The van der Waals surface area contributed by atoms with E-state index in [-0.39, 0.29) is 0 Å². The summed E-state index contributed by atoms with van der Waals surface area (Å²) in [7, 11) is 0. The summed E-state index contributed by atoms with van der Waals surface area (Å²) in [6, 6.07) is 2.81. The number of hydrogen-bond donors (Lipinski definition) is 1. The molecule has 0 saturated carbocycles. The molecule has 0 bridgehead atoms. The predicted octanol–water partition coefficient (Wildman–Crippen LogP) is 3.19. The average Bonchev–Trinajstić information content (AvgIpc) is 3.18. The van der Waals surface area contributed by atoms with Gasteiger partial charge in [-0.3, -0.25) is 4.98 Å². The Morgan fingerprint density at radius 2 is 1.68 bits per heavy atom. The minimum Gasteiger partial charge on any atom is -0.382 e. The first-order valence-electron chi connectivity index (χ1n) is 10.1. The van der Waals surface area contributed by atoms with Gasteiger partial charge in [-0.2, -0.15) is 0 Å². The number of nitrogens with two attached hydrogens (primary N) is 1. The number of anilines is 2. The normalized spacial score (nSPS) is 19.4. The maximum Gasteiger partial charge on any atom is 0.186 e. The molecule has 28 heavy (non-hydrogen) atoms. The molecule has 5 rings (SSSR count). The van der Waals surface area contributed by atoms with Crippen LogP contribution in [0.5, 0.6) is 0 Å². The molecule has 3 aromatic rings. The number of fused-ring (bicyclic) bond motifs is 1. The Balaban J connectivity index is 1.31. The van der Waals surface area contributed by atoms with Gasteiger partial charge < -0.3 is 15.5 Å². The van der Waals surface area contributed by atoms with Gasteiger partial charge in [-0.25, -0.2) is 15.0 Å². The van der Waals surface area contributed by atoms with Gasteiger partial charge >= 0.3 is 0 Å². The van der Waals surface area contributed by atoms with E-state index in [4.69, 9.17) is 10.7 Å². The number of thiazole rings is 1. The number of nitrogens with zero attached hydrogens (tertiary/aromatic N) is 6. The predicted molar refractivity (Wildman–Crippen MR) is 114 cm³/mol. The lowest BCUT2D eigenvalue weighted by atomic mass is 10.0. The lowest BCUT2D eigenvalue weighted by Crippen LogP contribution is -2.46. The fourth-order valence-electron chi connectivity index (χ4n) is 4.27. The van der Waals surface area contributed by atoms with Crippen LogP contribution in [0.3, 0.4) is 0 Å². The van der Waals surface area contributed by atoms with Crippen molar-refractivity contribution >= 4 is 32.5 Å². The third-order valence-electron chi connectivity index (χ3n) is 5.84. The second-order valence-electron chi connectivity index (χ2n) is 7.68. The second kappa shape index (κ2) is 7.60. The third-order valence-corrected chi connectivity index (χ3v) is 6.92. The Morgan fingerprint density at radius 1 is 0.893 bits per heavy atom. The van der Waals surface area contributed by atoms with E-state index < -0.39 is 0 Å². The van der Waals surface area contributed by atoms with Crippen LogP contribution in [0.2, 0.25) is 0 Å². The number of piperidine rings is 2. The molecular formula is C20H25N7S. The van der Waals surface area contributed by atoms with Crippen molar-refractivity contribution in [3.8, 4) is 11.4 Å². The zero-order valence-corrected chi connectivity index (χ0v) is 16.7. The number of aromatic nitrogens is 4. The Labute approximate surface area is 168 Å². The van der Waals surface area contributed by atoms with Gasteiger partial charge in [-0.15, -0.1) is 0 Å². The lowest BCUT2D eigenvalue weighted by Gasteiger charge is -2.40. The molecule has 0 atom stereocenters. The van der Waals surface area contributed by atoms with Crippen LogP contribution in [0.1, 0.15) is 32.1 Å². The molecule has 146 valence electrons. The van der Waals surface area contributed by atoms with Crippen LogP contribution in [0, 0.1) is 0 Å². The van der Waals surface area contributed by atoms with Gasteiger partial charge in [0.2, 0.25) is 0 Å². The standard InChI is InChI=1S/C20H25N7S/c21-19-13-23-16(11-24-19)15-10-18-17(12-22-15)25-20(28-18)27-8-4-14(5-9-27)26-6-2-1-3-7-26/h10-14H,1-9H2,(H2,21,24). The first kappa shape index (κ1) is 17.8. The van der Waals surface area contributed by atoms with Crippen molar-refractivity contribution < 1.29 is 0 Å². The Hall–Kier alpha value is -2.32. The van der Waals surface area contributed by atoms with Crippen molar-refractivity contribution in [3.05, 3.63) is 24.7 Å². The summed E-state index contributed by atoms with van der Waals surface area (Å²) in [5.74, 6) is 0.415. The van der Waals surface area contributed by atoms with Crippen LogP contribution < -0.4 is 10.6 Å². The summed E-state index contributed by atoms with van der Waals surface area (Å²) in [5.41, 5.74) is 8.11. The smallest absolute Gasteiger partial charge is 0.186 e. The molecule has 0 spiro atoms.